The summed E-state index contributed by atoms with van der Waals surface area (Å²) < 4.78 is 13.6. The molecule has 0 aliphatic rings. The maximum Gasteiger partial charge on any atom is 0.237 e. The minimum absolute atomic E-state index is 0.171. The number of carbonyl (C=O) groups excluding carboxylic acids is 2. The first kappa shape index (κ1) is 19.6. The SMILES string of the molecule is CC(=O)c1cc(C#N)c(SC(C)C(=O)Nc2ccc(C)c(F)c2)nc1C. The fraction of sp³-hybridized carbons (Fsp3) is 0.263. The molecule has 0 fully saturated rings. The highest BCUT2D eigenvalue weighted by atomic mass is 32.2. The summed E-state index contributed by atoms with van der Waals surface area (Å²) in [7, 11) is 0. The van der Waals surface area contributed by atoms with Crippen LogP contribution in [-0.2, 0) is 4.79 Å². The fourth-order valence-corrected chi connectivity index (χ4v) is 3.17. The summed E-state index contributed by atoms with van der Waals surface area (Å²) in [5.74, 6) is -0.903. The lowest BCUT2D eigenvalue weighted by atomic mass is 10.1. The number of thioether (sulfide) groups is 1. The van der Waals surface area contributed by atoms with E-state index in [0.717, 1.165) is 11.8 Å². The van der Waals surface area contributed by atoms with Crippen LogP contribution in [-0.4, -0.2) is 21.9 Å². The fourth-order valence-electron chi connectivity index (χ4n) is 2.25. The Morgan fingerprint density at radius 2 is 2.00 bits per heavy atom. The standard InChI is InChI=1S/C19H18FN3O2S/c1-10-5-6-15(8-17(10)20)23-18(25)13(4)26-19-14(9-21)7-16(12(3)24)11(2)22-19/h5-8,13H,1-4H3,(H,23,25). The van der Waals surface area contributed by atoms with Crippen molar-refractivity contribution in [3.8, 4) is 6.07 Å². The number of rotatable bonds is 5. The quantitative estimate of drug-likeness (QED) is 0.634. The van der Waals surface area contributed by atoms with Crippen LogP contribution >= 0.6 is 11.8 Å². The average molecular weight is 371 g/mol. The number of ketones is 1. The molecular weight excluding hydrogens is 353 g/mol. The molecule has 0 aliphatic heterocycles. The van der Waals surface area contributed by atoms with Crippen LogP contribution in [0.5, 0.6) is 0 Å². The van der Waals surface area contributed by atoms with Gasteiger partial charge in [-0.15, -0.1) is 0 Å². The van der Waals surface area contributed by atoms with E-state index in [4.69, 9.17) is 0 Å². The van der Waals surface area contributed by atoms with Crippen LogP contribution < -0.4 is 5.32 Å². The Balaban J connectivity index is 2.18. The maximum absolute atomic E-state index is 13.6. The lowest BCUT2D eigenvalue weighted by molar-refractivity contribution is -0.115. The Morgan fingerprint density at radius 3 is 2.58 bits per heavy atom. The molecule has 0 saturated carbocycles. The van der Waals surface area contributed by atoms with Crippen LogP contribution in [0.1, 0.15) is 41.0 Å². The van der Waals surface area contributed by atoms with Crippen molar-refractivity contribution in [3.05, 3.63) is 52.5 Å². The van der Waals surface area contributed by atoms with Gasteiger partial charge in [-0.05, 0) is 51.5 Å². The van der Waals surface area contributed by atoms with Gasteiger partial charge in [0.25, 0.3) is 0 Å². The molecule has 0 saturated heterocycles. The maximum atomic E-state index is 13.6. The Bertz CT molecular complexity index is 922. The van der Waals surface area contributed by atoms with E-state index in [1.807, 2.05) is 6.07 Å². The van der Waals surface area contributed by atoms with Gasteiger partial charge >= 0.3 is 0 Å². The van der Waals surface area contributed by atoms with Gasteiger partial charge in [0.1, 0.15) is 16.9 Å². The lowest BCUT2D eigenvalue weighted by Crippen LogP contribution is -2.22. The van der Waals surface area contributed by atoms with Crippen molar-refractivity contribution in [1.82, 2.24) is 4.98 Å². The van der Waals surface area contributed by atoms with Gasteiger partial charge in [0.05, 0.1) is 10.8 Å². The molecule has 26 heavy (non-hydrogen) atoms. The van der Waals surface area contributed by atoms with Crippen molar-refractivity contribution in [1.29, 1.82) is 5.26 Å². The minimum Gasteiger partial charge on any atom is -0.325 e. The summed E-state index contributed by atoms with van der Waals surface area (Å²) >= 11 is 1.11. The van der Waals surface area contributed by atoms with Crippen LogP contribution in [0.25, 0.3) is 0 Å². The number of nitrogens with zero attached hydrogens (tertiary/aromatic N) is 2. The normalized spacial score (nSPS) is 11.5. The number of hydrogen-bond acceptors (Lipinski definition) is 5. The topological polar surface area (TPSA) is 82.8 Å². The molecule has 5 nitrogen and oxygen atoms in total. The Labute approximate surface area is 155 Å². The molecule has 1 aromatic carbocycles. The molecule has 1 N–H and O–H groups in total. The third-order valence-corrected chi connectivity index (χ3v) is 4.88. The van der Waals surface area contributed by atoms with Gasteiger partial charge in [-0.3, -0.25) is 9.59 Å². The second kappa shape index (κ2) is 8.11. The summed E-state index contributed by atoms with van der Waals surface area (Å²) in [6, 6.07) is 7.97. The van der Waals surface area contributed by atoms with Gasteiger partial charge in [-0.2, -0.15) is 5.26 Å². The van der Waals surface area contributed by atoms with Crippen molar-refractivity contribution in [2.75, 3.05) is 5.32 Å². The first-order valence-corrected chi connectivity index (χ1v) is 8.77. The Morgan fingerprint density at radius 1 is 1.31 bits per heavy atom. The van der Waals surface area contributed by atoms with Crippen LogP contribution in [0, 0.1) is 31.0 Å². The summed E-state index contributed by atoms with van der Waals surface area (Å²) in [5.41, 5.74) is 1.99. The zero-order valence-corrected chi connectivity index (χ0v) is 15.7. The Kier molecular flexibility index (Phi) is 6.11. The predicted octanol–water partition coefficient (Wildman–Crippen LogP) is 4.03. The van der Waals surface area contributed by atoms with Crippen LogP contribution in [0.15, 0.2) is 29.3 Å². The van der Waals surface area contributed by atoms with Crippen molar-refractivity contribution in [2.45, 2.75) is 38.0 Å². The highest BCUT2D eigenvalue weighted by Crippen LogP contribution is 2.27. The number of hydrogen-bond donors (Lipinski definition) is 1. The first-order chi connectivity index (χ1) is 12.2. The molecule has 0 radical (unpaired) electrons. The minimum atomic E-state index is -0.568. The number of nitrogens with one attached hydrogen (secondary N) is 1. The molecule has 0 bridgehead atoms. The van der Waals surface area contributed by atoms with Crippen molar-refractivity contribution in [2.24, 2.45) is 0 Å². The zero-order chi connectivity index (χ0) is 19.4. The van der Waals surface area contributed by atoms with Gasteiger partial charge < -0.3 is 5.32 Å². The second-order valence-corrected chi connectivity index (χ2v) is 7.18. The number of nitriles is 1. The van der Waals surface area contributed by atoms with Gasteiger partial charge in [-0.1, -0.05) is 17.8 Å². The van der Waals surface area contributed by atoms with E-state index in [9.17, 15) is 19.2 Å². The molecule has 2 rings (SSSR count). The first-order valence-electron chi connectivity index (χ1n) is 7.89. The molecule has 7 heteroatoms. The predicted molar refractivity (Wildman–Crippen MR) is 98.8 cm³/mol. The number of Topliss-reactive ketones (excluding diaryl/α,β-unsaturated/α-hetero) is 1. The number of pyridine rings is 1. The summed E-state index contributed by atoms with van der Waals surface area (Å²) in [5, 5.41) is 11.8. The Hall–Kier alpha value is -2.72. The number of carbonyl (C=O) groups is 2. The largest absolute Gasteiger partial charge is 0.325 e. The number of aryl methyl sites for hydroxylation is 2. The molecule has 1 heterocycles. The van der Waals surface area contributed by atoms with Gasteiger partial charge in [-0.25, -0.2) is 9.37 Å². The van der Waals surface area contributed by atoms with Gasteiger partial charge in [0.2, 0.25) is 5.91 Å². The van der Waals surface area contributed by atoms with E-state index in [1.54, 1.807) is 32.9 Å². The van der Waals surface area contributed by atoms with Gasteiger partial charge in [0, 0.05) is 16.9 Å². The van der Waals surface area contributed by atoms with Crippen molar-refractivity contribution < 1.29 is 14.0 Å². The van der Waals surface area contributed by atoms with E-state index in [2.05, 4.69) is 10.3 Å². The highest BCUT2D eigenvalue weighted by molar-refractivity contribution is 8.00. The summed E-state index contributed by atoms with van der Waals surface area (Å²) in [6.07, 6.45) is 0. The zero-order valence-electron chi connectivity index (χ0n) is 14.9. The molecule has 0 aliphatic carbocycles. The molecule has 134 valence electrons. The molecule has 1 aromatic heterocycles. The van der Waals surface area contributed by atoms with E-state index >= 15 is 0 Å². The smallest absolute Gasteiger partial charge is 0.237 e. The molecule has 1 atom stereocenters. The second-order valence-electron chi connectivity index (χ2n) is 5.86. The third kappa shape index (κ3) is 4.46. The molecule has 1 unspecified atom stereocenters. The number of aromatic nitrogens is 1. The van der Waals surface area contributed by atoms with Gasteiger partial charge in [0.15, 0.2) is 5.78 Å². The summed E-state index contributed by atoms with van der Waals surface area (Å²) in [6.45, 7) is 6.40. The number of anilines is 1. The lowest BCUT2D eigenvalue weighted by Gasteiger charge is -2.14. The summed E-state index contributed by atoms with van der Waals surface area (Å²) in [4.78, 5) is 28.2. The average Bonchev–Trinajstić information content (AvgIpc) is 2.58. The molecule has 2 aromatic rings. The third-order valence-electron chi connectivity index (χ3n) is 3.77. The van der Waals surface area contributed by atoms with Crippen molar-refractivity contribution in [3.63, 3.8) is 0 Å². The monoisotopic (exact) mass is 371 g/mol. The number of benzene rings is 1. The van der Waals surface area contributed by atoms with E-state index < -0.39 is 11.1 Å². The highest BCUT2D eigenvalue weighted by Gasteiger charge is 2.20. The van der Waals surface area contributed by atoms with Crippen LogP contribution in [0.2, 0.25) is 0 Å². The molecule has 1 amide bonds. The van der Waals surface area contributed by atoms with Crippen molar-refractivity contribution >= 4 is 29.1 Å². The number of halogens is 1. The van der Waals surface area contributed by atoms with E-state index in [1.165, 1.54) is 19.1 Å². The van der Waals surface area contributed by atoms with Crippen LogP contribution in [0.4, 0.5) is 10.1 Å². The van der Waals surface area contributed by atoms with Crippen LogP contribution in [0.3, 0.4) is 0 Å². The molecule has 0 spiro atoms. The van der Waals surface area contributed by atoms with E-state index in [-0.39, 0.29) is 17.3 Å². The number of amides is 1. The van der Waals surface area contributed by atoms with E-state index in [0.29, 0.717) is 27.5 Å². The molecular formula is C19H18FN3O2S.